The summed E-state index contributed by atoms with van der Waals surface area (Å²) in [7, 11) is 0. The molecule has 0 aromatic heterocycles. The van der Waals surface area contributed by atoms with Crippen molar-refractivity contribution in [2.75, 3.05) is 33.0 Å². The molecule has 0 saturated carbocycles. The fourth-order valence-electron chi connectivity index (χ4n) is 5.29. The highest BCUT2D eigenvalue weighted by atomic mass is 16.8. The third-order valence-electron chi connectivity index (χ3n) is 7.64. The SMILES string of the molecule is CCCCOC(=O)N[C@@H](COC1OC(CC)C(OCCCC)C(OCCCC)C1OCCCC)[C@@H]1OC(C)(C)O[C@@H]1C. The predicted octanol–water partition coefficient (Wildman–Crippen LogP) is 6.13. The molecule has 10 heteroatoms. The number of amides is 1. The first-order valence-electron chi connectivity index (χ1n) is 16.6. The first-order valence-corrected chi connectivity index (χ1v) is 16.6. The zero-order valence-corrected chi connectivity index (χ0v) is 27.7. The highest BCUT2D eigenvalue weighted by Gasteiger charge is 2.49. The molecular formula is C32H61NO9. The molecule has 0 bridgehead atoms. The van der Waals surface area contributed by atoms with Crippen LogP contribution in [0.3, 0.4) is 0 Å². The van der Waals surface area contributed by atoms with Crippen molar-refractivity contribution in [2.24, 2.45) is 0 Å². The van der Waals surface area contributed by atoms with Crippen molar-refractivity contribution in [3.63, 3.8) is 0 Å². The van der Waals surface area contributed by atoms with Crippen LogP contribution in [0.1, 0.15) is 113 Å². The summed E-state index contributed by atoms with van der Waals surface area (Å²) >= 11 is 0. The van der Waals surface area contributed by atoms with Gasteiger partial charge in [-0.15, -0.1) is 0 Å². The maximum atomic E-state index is 12.7. The maximum absolute atomic E-state index is 12.7. The standard InChI is InChI=1S/C32H61NO9/c1-9-14-18-35-27-25(13-5)40-30(29(37-20-16-11-3)28(27)36-19-15-10-2)39-22-24(33-31(34)38-21-17-12-4)26-23(6)41-32(7,8)42-26/h23-30H,9-22H2,1-8H3,(H,33,34)/t23-,24+,25?,26-,27?,28?,29?,30?/m1/s1. The molecule has 2 aliphatic heterocycles. The van der Waals surface area contributed by atoms with Crippen molar-refractivity contribution < 1.29 is 42.7 Å². The van der Waals surface area contributed by atoms with E-state index < -0.39 is 36.4 Å². The highest BCUT2D eigenvalue weighted by molar-refractivity contribution is 5.67. The van der Waals surface area contributed by atoms with Gasteiger partial charge in [0.1, 0.15) is 24.4 Å². The van der Waals surface area contributed by atoms with Crippen LogP contribution in [-0.2, 0) is 37.9 Å². The van der Waals surface area contributed by atoms with E-state index in [0.717, 1.165) is 57.8 Å². The minimum absolute atomic E-state index is 0.120. The third kappa shape index (κ3) is 12.2. The van der Waals surface area contributed by atoms with Gasteiger partial charge in [-0.1, -0.05) is 60.3 Å². The number of carbonyl (C=O) groups is 1. The van der Waals surface area contributed by atoms with E-state index in [4.69, 9.17) is 37.9 Å². The number of ether oxygens (including phenoxy) is 8. The van der Waals surface area contributed by atoms with Crippen molar-refractivity contribution in [1.29, 1.82) is 0 Å². The lowest BCUT2D eigenvalue weighted by molar-refractivity contribution is -0.320. The molecule has 2 rings (SSSR count). The second kappa shape index (κ2) is 20.1. The van der Waals surface area contributed by atoms with Crippen molar-refractivity contribution in [3.8, 4) is 0 Å². The molecule has 0 radical (unpaired) electrons. The molecule has 0 spiro atoms. The summed E-state index contributed by atoms with van der Waals surface area (Å²) in [5.41, 5.74) is 0. The van der Waals surface area contributed by atoms with Crippen LogP contribution in [-0.4, -0.2) is 93.9 Å². The van der Waals surface area contributed by atoms with E-state index in [1.165, 1.54) is 0 Å². The van der Waals surface area contributed by atoms with Gasteiger partial charge in [0.25, 0.3) is 0 Å². The van der Waals surface area contributed by atoms with Crippen molar-refractivity contribution >= 4 is 6.09 Å². The molecule has 2 saturated heterocycles. The highest BCUT2D eigenvalue weighted by Crippen LogP contribution is 2.33. The number of hydrogen-bond donors (Lipinski definition) is 1. The number of rotatable bonds is 21. The van der Waals surface area contributed by atoms with Gasteiger partial charge in [-0.25, -0.2) is 4.79 Å². The summed E-state index contributed by atoms with van der Waals surface area (Å²) in [5, 5.41) is 2.97. The number of carbonyl (C=O) groups excluding carboxylic acids is 1. The predicted molar refractivity (Wildman–Crippen MR) is 162 cm³/mol. The fraction of sp³-hybridized carbons (Fsp3) is 0.969. The smallest absolute Gasteiger partial charge is 0.407 e. The average Bonchev–Trinajstić information content (AvgIpc) is 3.24. The largest absolute Gasteiger partial charge is 0.450 e. The summed E-state index contributed by atoms with van der Waals surface area (Å²) in [4.78, 5) is 12.7. The lowest BCUT2D eigenvalue weighted by atomic mass is 9.96. The zero-order valence-electron chi connectivity index (χ0n) is 27.7. The minimum Gasteiger partial charge on any atom is -0.450 e. The van der Waals surface area contributed by atoms with Crippen LogP contribution >= 0.6 is 0 Å². The Morgan fingerprint density at radius 3 is 1.83 bits per heavy atom. The van der Waals surface area contributed by atoms with Crippen LogP contribution in [0.5, 0.6) is 0 Å². The molecule has 42 heavy (non-hydrogen) atoms. The molecule has 1 amide bonds. The Hall–Kier alpha value is -1.01. The molecule has 10 nitrogen and oxygen atoms in total. The van der Waals surface area contributed by atoms with E-state index in [2.05, 4.69) is 39.9 Å². The molecule has 0 aromatic carbocycles. The number of hydrogen-bond acceptors (Lipinski definition) is 9. The van der Waals surface area contributed by atoms with Gasteiger partial charge < -0.3 is 43.2 Å². The summed E-state index contributed by atoms with van der Waals surface area (Å²) in [6, 6.07) is -0.533. The summed E-state index contributed by atoms with van der Waals surface area (Å²) in [6.45, 7) is 18.5. The van der Waals surface area contributed by atoms with Crippen molar-refractivity contribution in [2.45, 2.75) is 168 Å². The van der Waals surface area contributed by atoms with Gasteiger partial charge in [0.2, 0.25) is 0 Å². The van der Waals surface area contributed by atoms with Crippen molar-refractivity contribution in [1.82, 2.24) is 5.32 Å². The van der Waals surface area contributed by atoms with Crippen LogP contribution in [0.2, 0.25) is 0 Å². The van der Waals surface area contributed by atoms with Crippen LogP contribution in [0.25, 0.3) is 0 Å². The molecule has 5 unspecified atom stereocenters. The Labute approximate surface area is 255 Å². The Bertz CT molecular complexity index is 724. The first kappa shape index (κ1) is 37.2. The normalized spacial score (nSPS) is 29.9. The van der Waals surface area contributed by atoms with E-state index in [9.17, 15) is 4.79 Å². The lowest BCUT2D eigenvalue weighted by Crippen LogP contribution is -2.61. The van der Waals surface area contributed by atoms with E-state index in [0.29, 0.717) is 26.4 Å². The average molecular weight is 604 g/mol. The van der Waals surface area contributed by atoms with Gasteiger partial charge in [0.05, 0.1) is 31.5 Å². The zero-order chi connectivity index (χ0) is 31.0. The molecular weight excluding hydrogens is 542 g/mol. The van der Waals surface area contributed by atoms with E-state index in [1.807, 2.05) is 20.8 Å². The van der Waals surface area contributed by atoms with E-state index >= 15 is 0 Å². The van der Waals surface area contributed by atoms with Crippen LogP contribution < -0.4 is 5.32 Å². The second-order valence-electron chi connectivity index (χ2n) is 11.9. The van der Waals surface area contributed by atoms with Gasteiger partial charge in [-0.3, -0.25) is 0 Å². The molecule has 2 fully saturated rings. The maximum Gasteiger partial charge on any atom is 0.407 e. The fourth-order valence-corrected chi connectivity index (χ4v) is 5.29. The Morgan fingerprint density at radius 2 is 1.31 bits per heavy atom. The van der Waals surface area contributed by atoms with Gasteiger partial charge in [0.15, 0.2) is 12.1 Å². The van der Waals surface area contributed by atoms with Crippen LogP contribution in [0, 0.1) is 0 Å². The summed E-state index contributed by atoms with van der Waals surface area (Å²) < 4.78 is 50.0. The van der Waals surface area contributed by atoms with E-state index in [-0.39, 0.29) is 31.0 Å². The van der Waals surface area contributed by atoms with Crippen LogP contribution in [0.4, 0.5) is 4.79 Å². The lowest BCUT2D eigenvalue weighted by Gasteiger charge is -2.46. The summed E-state index contributed by atoms with van der Waals surface area (Å²) in [6.07, 6.45) is 5.14. The molecule has 0 aliphatic carbocycles. The van der Waals surface area contributed by atoms with Gasteiger partial charge in [-0.2, -0.15) is 0 Å². The van der Waals surface area contributed by atoms with Crippen LogP contribution in [0.15, 0.2) is 0 Å². The Balaban J connectivity index is 2.28. The summed E-state index contributed by atoms with van der Waals surface area (Å²) in [5.74, 6) is -0.780. The van der Waals surface area contributed by atoms with Gasteiger partial charge in [0, 0.05) is 19.8 Å². The number of unbranched alkanes of at least 4 members (excludes halogenated alkanes) is 4. The van der Waals surface area contributed by atoms with Crippen molar-refractivity contribution in [3.05, 3.63) is 0 Å². The molecule has 0 aromatic rings. The monoisotopic (exact) mass is 603 g/mol. The quantitative estimate of drug-likeness (QED) is 0.155. The Kier molecular flexibility index (Phi) is 17.8. The third-order valence-corrected chi connectivity index (χ3v) is 7.64. The van der Waals surface area contributed by atoms with Gasteiger partial charge >= 0.3 is 6.09 Å². The number of nitrogens with one attached hydrogen (secondary N) is 1. The topological polar surface area (TPSA) is 103 Å². The van der Waals surface area contributed by atoms with E-state index in [1.54, 1.807) is 0 Å². The molecule has 2 aliphatic rings. The molecule has 8 atom stereocenters. The minimum atomic E-state index is -0.780. The number of alkyl carbamates (subject to hydrolysis) is 1. The van der Waals surface area contributed by atoms with Gasteiger partial charge in [-0.05, 0) is 52.9 Å². The molecule has 1 N–H and O–H groups in total. The Morgan fingerprint density at radius 1 is 0.762 bits per heavy atom. The first-order chi connectivity index (χ1) is 20.2. The second-order valence-corrected chi connectivity index (χ2v) is 11.9. The molecule has 2 heterocycles. The molecule has 248 valence electrons.